The number of aryl methyl sites for hydroxylation is 1. The van der Waals surface area contributed by atoms with E-state index in [4.69, 9.17) is 9.47 Å². The first-order chi connectivity index (χ1) is 8.10. The average Bonchev–Trinajstić information content (AvgIpc) is 2.31. The van der Waals surface area contributed by atoms with E-state index >= 15 is 0 Å². The number of benzene rings is 1. The monoisotopic (exact) mass is 237 g/mol. The molecule has 1 rings (SSSR count). The Morgan fingerprint density at radius 2 is 2.00 bits per heavy atom. The number of anilines is 1. The number of hydrogen-bond acceptors (Lipinski definition) is 3. The highest BCUT2D eigenvalue weighted by atomic mass is 16.5. The number of ether oxygens (including phenoxy) is 2. The van der Waals surface area contributed by atoms with Crippen LogP contribution < -0.4 is 10.1 Å². The van der Waals surface area contributed by atoms with Crippen molar-refractivity contribution in [2.75, 3.05) is 25.6 Å². The minimum Gasteiger partial charge on any atom is -0.496 e. The first-order valence-electron chi connectivity index (χ1n) is 6.08. The molecular formula is C14H23NO2. The largest absolute Gasteiger partial charge is 0.496 e. The Morgan fingerprint density at radius 3 is 2.59 bits per heavy atom. The van der Waals surface area contributed by atoms with Gasteiger partial charge in [-0.15, -0.1) is 0 Å². The number of rotatable bonds is 6. The molecule has 17 heavy (non-hydrogen) atoms. The van der Waals surface area contributed by atoms with Crippen LogP contribution in [0.2, 0.25) is 0 Å². The highest BCUT2D eigenvalue weighted by molar-refractivity contribution is 5.59. The fourth-order valence-corrected chi connectivity index (χ4v) is 1.90. The van der Waals surface area contributed by atoms with E-state index in [0.717, 1.165) is 29.2 Å². The van der Waals surface area contributed by atoms with Gasteiger partial charge >= 0.3 is 0 Å². The Morgan fingerprint density at radius 1 is 1.29 bits per heavy atom. The van der Waals surface area contributed by atoms with Crippen LogP contribution in [0.15, 0.2) is 12.1 Å². The van der Waals surface area contributed by atoms with Gasteiger partial charge in [0, 0.05) is 23.9 Å². The summed E-state index contributed by atoms with van der Waals surface area (Å²) >= 11 is 0. The summed E-state index contributed by atoms with van der Waals surface area (Å²) in [6, 6.07) is 4.46. The molecule has 0 aliphatic rings. The molecule has 0 bridgehead atoms. The van der Waals surface area contributed by atoms with Gasteiger partial charge in [-0.05, 0) is 39.3 Å². The molecule has 1 N–H and O–H groups in total. The van der Waals surface area contributed by atoms with Gasteiger partial charge in [-0.3, -0.25) is 0 Å². The van der Waals surface area contributed by atoms with E-state index in [0.29, 0.717) is 12.6 Å². The lowest BCUT2D eigenvalue weighted by Gasteiger charge is -2.19. The standard InChI is InChI=1S/C14H23NO2/c1-6-17-9-11(3)15-13-8-7-10(2)14(16-5)12(13)4/h7-8,11,15H,6,9H2,1-5H3. The molecule has 3 heteroatoms. The van der Waals surface area contributed by atoms with Gasteiger partial charge in [0.2, 0.25) is 0 Å². The third kappa shape index (κ3) is 3.63. The summed E-state index contributed by atoms with van der Waals surface area (Å²) < 4.78 is 10.8. The molecule has 1 aromatic rings. The highest BCUT2D eigenvalue weighted by Crippen LogP contribution is 2.29. The quantitative estimate of drug-likeness (QED) is 0.824. The van der Waals surface area contributed by atoms with Crippen LogP contribution in [-0.4, -0.2) is 26.4 Å². The second-order valence-corrected chi connectivity index (χ2v) is 4.29. The second kappa shape index (κ2) is 6.50. The maximum atomic E-state index is 5.41. The van der Waals surface area contributed by atoms with Gasteiger partial charge in [-0.25, -0.2) is 0 Å². The molecule has 1 unspecified atom stereocenters. The first-order valence-corrected chi connectivity index (χ1v) is 6.08. The van der Waals surface area contributed by atoms with Crippen LogP contribution in [-0.2, 0) is 4.74 Å². The minimum absolute atomic E-state index is 0.293. The molecular weight excluding hydrogens is 214 g/mol. The number of nitrogens with one attached hydrogen (secondary N) is 1. The minimum atomic E-state index is 0.293. The van der Waals surface area contributed by atoms with E-state index in [1.165, 1.54) is 0 Å². The SMILES string of the molecule is CCOCC(C)Nc1ccc(C)c(OC)c1C. The van der Waals surface area contributed by atoms with Crippen LogP contribution in [0.5, 0.6) is 5.75 Å². The van der Waals surface area contributed by atoms with Crippen LogP contribution >= 0.6 is 0 Å². The van der Waals surface area contributed by atoms with Crippen LogP contribution in [0.25, 0.3) is 0 Å². The average molecular weight is 237 g/mol. The van der Waals surface area contributed by atoms with E-state index in [-0.39, 0.29) is 0 Å². The summed E-state index contributed by atoms with van der Waals surface area (Å²) in [5.74, 6) is 0.957. The summed E-state index contributed by atoms with van der Waals surface area (Å²) in [7, 11) is 1.71. The van der Waals surface area contributed by atoms with Crippen molar-refractivity contribution in [3.05, 3.63) is 23.3 Å². The summed E-state index contributed by atoms with van der Waals surface area (Å²) in [6.07, 6.45) is 0. The molecule has 0 heterocycles. The maximum absolute atomic E-state index is 5.41. The summed E-state index contributed by atoms with van der Waals surface area (Å²) in [4.78, 5) is 0. The van der Waals surface area contributed by atoms with Crippen molar-refractivity contribution >= 4 is 5.69 Å². The first kappa shape index (κ1) is 13.8. The zero-order valence-electron chi connectivity index (χ0n) is 11.5. The second-order valence-electron chi connectivity index (χ2n) is 4.29. The van der Waals surface area contributed by atoms with E-state index in [9.17, 15) is 0 Å². The predicted molar refractivity (Wildman–Crippen MR) is 72.0 cm³/mol. The van der Waals surface area contributed by atoms with E-state index in [1.54, 1.807) is 7.11 Å². The van der Waals surface area contributed by atoms with Gasteiger partial charge in [0.1, 0.15) is 5.75 Å². The lowest BCUT2D eigenvalue weighted by atomic mass is 10.1. The Kier molecular flexibility index (Phi) is 5.29. The molecule has 0 saturated carbocycles. The van der Waals surface area contributed by atoms with Gasteiger partial charge in [0.05, 0.1) is 13.7 Å². The van der Waals surface area contributed by atoms with Crippen molar-refractivity contribution in [1.82, 2.24) is 0 Å². The normalized spacial score (nSPS) is 12.3. The van der Waals surface area contributed by atoms with Gasteiger partial charge in [0.25, 0.3) is 0 Å². The van der Waals surface area contributed by atoms with Gasteiger partial charge in [-0.1, -0.05) is 6.07 Å². The molecule has 0 radical (unpaired) electrons. The molecule has 0 fully saturated rings. The molecule has 1 atom stereocenters. The third-order valence-corrected chi connectivity index (χ3v) is 2.78. The van der Waals surface area contributed by atoms with E-state index in [1.807, 2.05) is 6.92 Å². The lowest BCUT2D eigenvalue weighted by Crippen LogP contribution is -2.22. The van der Waals surface area contributed by atoms with Crippen LogP contribution in [0.4, 0.5) is 5.69 Å². The molecule has 0 aliphatic heterocycles. The molecule has 0 amide bonds. The van der Waals surface area contributed by atoms with Gasteiger partial charge in [0.15, 0.2) is 0 Å². The maximum Gasteiger partial charge on any atom is 0.126 e. The number of methoxy groups -OCH3 is 1. The van der Waals surface area contributed by atoms with Crippen LogP contribution in [0, 0.1) is 13.8 Å². The smallest absolute Gasteiger partial charge is 0.126 e. The van der Waals surface area contributed by atoms with Gasteiger partial charge in [-0.2, -0.15) is 0 Å². The zero-order valence-corrected chi connectivity index (χ0v) is 11.5. The Labute approximate surface area is 104 Å². The molecule has 0 saturated heterocycles. The fraction of sp³-hybridized carbons (Fsp3) is 0.571. The predicted octanol–water partition coefficient (Wildman–Crippen LogP) is 3.15. The topological polar surface area (TPSA) is 30.5 Å². The zero-order chi connectivity index (χ0) is 12.8. The van der Waals surface area contributed by atoms with E-state index < -0.39 is 0 Å². The van der Waals surface area contributed by atoms with Gasteiger partial charge < -0.3 is 14.8 Å². The fourth-order valence-electron chi connectivity index (χ4n) is 1.90. The molecule has 1 aromatic carbocycles. The van der Waals surface area contributed by atoms with Crippen molar-refractivity contribution in [2.24, 2.45) is 0 Å². The molecule has 0 aliphatic carbocycles. The van der Waals surface area contributed by atoms with Crippen LogP contribution in [0.1, 0.15) is 25.0 Å². The summed E-state index contributed by atoms with van der Waals surface area (Å²) in [5, 5.41) is 3.44. The van der Waals surface area contributed by atoms with Crippen molar-refractivity contribution < 1.29 is 9.47 Å². The van der Waals surface area contributed by atoms with Crippen molar-refractivity contribution in [2.45, 2.75) is 33.7 Å². The molecule has 96 valence electrons. The molecule has 0 spiro atoms. The summed E-state index contributed by atoms with van der Waals surface area (Å²) in [5.41, 5.74) is 3.42. The Hall–Kier alpha value is -1.22. The van der Waals surface area contributed by atoms with E-state index in [2.05, 4.69) is 38.2 Å². The molecule has 0 aromatic heterocycles. The number of hydrogen-bond donors (Lipinski definition) is 1. The van der Waals surface area contributed by atoms with Crippen LogP contribution in [0.3, 0.4) is 0 Å². The van der Waals surface area contributed by atoms with Crippen molar-refractivity contribution in [3.8, 4) is 5.75 Å². The third-order valence-electron chi connectivity index (χ3n) is 2.78. The summed E-state index contributed by atoms with van der Waals surface area (Å²) in [6.45, 7) is 9.71. The highest BCUT2D eigenvalue weighted by Gasteiger charge is 2.09. The lowest BCUT2D eigenvalue weighted by molar-refractivity contribution is 0.141. The molecule has 3 nitrogen and oxygen atoms in total. The van der Waals surface area contributed by atoms with Crippen molar-refractivity contribution in [3.63, 3.8) is 0 Å². The van der Waals surface area contributed by atoms with Crippen molar-refractivity contribution in [1.29, 1.82) is 0 Å². The Balaban J connectivity index is 2.78. The Bertz CT molecular complexity index is 363.